The van der Waals surface area contributed by atoms with Gasteiger partial charge in [-0.1, -0.05) is 12.1 Å². The molecule has 0 aliphatic carbocycles. The van der Waals surface area contributed by atoms with E-state index in [1.165, 1.54) is 0 Å². The number of anilines is 1. The molecule has 0 saturated heterocycles. The minimum Gasteiger partial charge on any atom is -0.334 e. The van der Waals surface area contributed by atoms with E-state index >= 15 is 0 Å². The van der Waals surface area contributed by atoms with Gasteiger partial charge in [-0.25, -0.2) is 4.79 Å². The van der Waals surface area contributed by atoms with Crippen LogP contribution in [0.15, 0.2) is 36.7 Å². The lowest BCUT2D eigenvalue weighted by Crippen LogP contribution is -2.28. The quantitative estimate of drug-likeness (QED) is 0.755. The number of aromatic nitrogens is 2. The monoisotopic (exact) mass is 230 g/mol. The third-order valence-electron chi connectivity index (χ3n) is 2.28. The number of hydrogen-bond donors (Lipinski definition) is 3. The Bertz CT molecular complexity index is 493. The minimum atomic E-state index is -0.225. The van der Waals surface area contributed by atoms with Crippen LogP contribution in [0.3, 0.4) is 0 Å². The maximum absolute atomic E-state index is 11.6. The van der Waals surface area contributed by atoms with Crippen LogP contribution in [0.2, 0.25) is 0 Å². The van der Waals surface area contributed by atoms with Crippen molar-refractivity contribution in [1.82, 2.24) is 15.5 Å². The summed E-state index contributed by atoms with van der Waals surface area (Å²) >= 11 is 0. The third kappa shape index (κ3) is 3.34. The van der Waals surface area contributed by atoms with Gasteiger partial charge in [-0.05, 0) is 24.6 Å². The molecule has 0 bridgehead atoms. The Hall–Kier alpha value is -2.30. The number of benzene rings is 1. The zero-order valence-corrected chi connectivity index (χ0v) is 9.53. The number of nitrogens with one attached hydrogen (secondary N) is 3. The predicted molar refractivity (Wildman–Crippen MR) is 65.6 cm³/mol. The summed E-state index contributed by atoms with van der Waals surface area (Å²) < 4.78 is 0. The van der Waals surface area contributed by atoms with Crippen LogP contribution in [-0.2, 0) is 6.54 Å². The van der Waals surface area contributed by atoms with Crippen molar-refractivity contribution < 1.29 is 4.79 Å². The highest BCUT2D eigenvalue weighted by Crippen LogP contribution is 2.09. The van der Waals surface area contributed by atoms with E-state index in [4.69, 9.17) is 0 Å². The Balaban J connectivity index is 1.85. The molecule has 88 valence electrons. The molecule has 3 N–H and O–H groups in total. The fourth-order valence-corrected chi connectivity index (χ4v) is 1.45. The van der Waals surface area contributed by atoms with Crippen LogP contribution >= 0.6 is 0 Å². The van der Waals surface area contributed by atoms with Crippen LogP contribution in [0.1, 0.15) is 11.1 Å². The summed E-state index contributed by atoms with van der Waals surface area (Å²) in [6, 6.07) is 7.43. The van der Waals surface area contributed by atoms with Crippen molar-refractivity contribution in [3.05, 3.63) is 47.8 Å². The summed E-state index contributed by atoms with van der Waals surface area (Å²) in [4.78, 5) is 11.6. The zero-order chi connectivity index (χ0) is 12.1. The Labute approximate surface area is 99.2 Å². The molecule has 0 spiro atoms. The van der Waals surface area contributed by atoms with Gasteiger partial charge in [0, 0.05) is 24.0 Å². The van der Waals surface area contributed by atoms with Crippen molar-refractivity contribution in [1.29, 1.82) is 0 Å². The van der Waals surface area contributed by atoms with E-state index in [0.29, 0.717) is 6.54 Å². The molecule has 0 aliphatic heterocycles. The van der Waals surface area contributed by atoms with Crippen LogP contribution in [0.5, 0.6) is 0 Å². The van der Waals surface area contributed by atoms with E-state index in [1.54, 1.807) is 12.4 Å². The van der Waals surface area contributed by atoms with E-state index in [9.17, 15) is 4.79 Å². The maximum Gasteiger partial charge on any atom is 0.319 e. The Morgan fingerprint density at radius 3 is 3.06 bits per heavy atom. The lowest BCUT2D eigenvalue weighted by molar-refractivity contribution is 0.251. The molecule has 0 unspecified atom stereocenters. The number of rotatable bonds is 3. The molecule has 5 nitrogen and oxygen atoms in total. The van der Waals surface area contributed by atoms with Crippen LogP contribution in [-0.4, -0.2) is 16.2 Å². The molecule has 0 radical (unpaired) electrons. The smallest absolute Gasteiger partial charge is 0.319 e. The second-order valence-corrected chi connectivity index (χ2v) is 3.78. The Morgan fingerprint density at radius 1 is 1.47 bits per heavy atom. The first-order valence-corrected chi connectivity index (χ1v) is 5.33. The lowest BCUT2D eigenvalue weighted by Gasteiger charge is -2.07. The molecular formula is C12H14N4O. The summed E-state index contributed by atoms with van der Waals surface area (Å²) in [5.74, 6) is 0. The van der Waals surface area contributed by atoms with E-state index in [1.807, 2.05) is 31.2 Å². The van der Waals surface area contributed by atoms with Gasteiger partial charge < -0.3 is 10.6 Å². The van der Waals surface area contributed by atoms with E-state index in [0.717, 1.165) is 16.8 Å². The third-order valence-corrected chi connectivity index (χ3v) is 2.28. The highest BCUT2D eigenvalue weighted by molar-refractivity contribution is 5.89. The molecule has 0 fully saturated rings. The van der Waals surface area contributed by atoms with Gasteiger partial charge in [0.25, 0.3) is 0 Å². The average molecular weight is 230 g/mol. The molecule has 1 heterocycles. The standard InChI is InChI=1S/C12H14N4O/c1-9-3-2-4-11(5-9)16-12(17)13-6-10-7-14-15-8-10/h2-5,7-8H,6H2,1H3,(H,14,15)(H2,13,16,17). The number of carbonyl (C=O) groups excluding carboxylic acids is 1. The fourth-order valence-electron chi connectivity index (χ4n) is 1.45. The van der Waals surface area contributed by atoms with Gasteiger partial charge in [0.05, 0.1) is 6.20 Å². The number of amides is 2. The Morgan fingerprint density at radius 2 is 2.35 bits per heavy atom. The molecule has 0 saturated carbocycles. The van der Waals surface area contributed by atoms with Crippen molar-refractivity contribution in [2.24, 2.45) is 0 Å². The van der Waals surface area contributed by atoms with Gasteiger partial charge >= 0.3 is 6.03 Å². The number of urea groups is 1. The highest BCUT2D eigenvalue weighted by Gasteiger charge is 2.01. The number of nitrogens with zero attached hydrogens (tertiary/aromatic N) is 1. The van der Waals surface area contributed by atoms with E-state index < -0.39 is 0 Å². The summed E-state index contributed by atoms with van der Waals surface area (Å²) in [7, 11) is 0. The van der Waals surface area contributed by atoms with Gasteiger partial charge in [-0.3, -0.25) is 5.10 Å². The molecule has 1 aromatic heterocycles. The number of carbonyl (C=O) groups is 1. The van der Waals surface area contributed by atoms with Gasteiger partial charge in [-0.2, -0.15) is 5.10 Å². The van der Waals surface area contributed by atoms with Crippen molar-refractivity contribution in [3.8, 4) is 0 Å². The number of hydrogen-bond acceptors (Lipinski definition) is 2. The fraction of sp³-hybridized carbons (Fsp3) is 0.167. The molecule has 1 aromatic carbocycles. The lowest BCUT2D eigenvalue weighted by atomic mass is 10.2. The molecule has 2 amide bonds. The zero-order valence-electron chi connectivity index (χ0n) is 9.53. The molecule has 0 atom stereocenters. The van der Waals surface area contributed by atoms with Crippen molar-refractivity contribution in [3.63, 3.8) is 0 Å². The highest BCUT2D eigenvalue weighted by atomic mass is 16.2. The van der Waals surface area contributed by atoms with Crippen LogP contribution in [0.4, 0.5) is 10.5 Å². The SMILES string of the molecule is Cc1cccc(NC(=O)NCc2cn[nH]c2)c1. The molecular weight excluding hydrogens is 216 g/mol. The van der Waals surface area contributed by atoms with Crippen LogP contribution in [0, 0.1) is 6.92 Å². The van der Waals surface area contributed by atoms with Crippen LogP contribution in [0.25, 0.3) is 0 Å². The van der Waals surface area contributed by atoms with E-state index in [2.05, 4.69) is 20.8 Å². The normalized spacial score (nSPS) is 9.94. The summed E-state index contributed by atoms with van der Waals surface area (Å²) in [6.45, 7) is 2.43. The largest absolute Gasteiger partial charge is 0.334 e. The average Bonchev–Trinajstić information content (AvgIpc) is 2.79. The number of H-pyrrole nitrogens is 1. The number of aromatic amines is 1. The van der Waals surface area contributed by atoms with Gasteiger partial charge in [0.1, 0.15) is 0 Å². The molecule has 2 aromatic rings. The second kappa shape index (κ2) is 5.16. The van der Waals surface area contributed by atoms with Crippen molar-refractivity contribution in [2.75, 3.05) is 5.32 Å². The van der Waals surface area contributed by atoms with E-state index in [-0.39, 0.29) is 6.03 Å². The molecule has 2 rings (SSSR count). The van der Waals surface area contributed by atoms with Gasteiger partial charge in [0.15, 0.2) is 0 Å². The predicted octanol–water partition coefficient (Wildman–Crippen LogP) is 2.04. The molecule has 0 aliphatic rings. The summed E-state index contributed by atoms with van der Waals surface area (Å²) in [5.41, 5.74) is 2.83. The first kappa shape index (κ1) is 11.2. The first-order chi connectivity index (χ1) is 8.24. The Kier molecular flexibility index (Phi) is 3.40. The summed E-state index contributed by atoms with van der Waals surface area (Å²) in [5, 5.41) is 12.0. The van der Waals surface area contributed by atoms with Crippen molar-refractivity contribution in [2.45, 2.75) is 13.5 Å². The second-order valence-electron chi connectivity index (χ2n) is 3.78. The maximum atomic E-state index is 11.6. The minimum absolute atomic E-state index is 0.225. The molecule has 17 heavy (non-hydrogen) atoms. The topological polar surface area (TPSA) is 69.8 Å². The first-order valence-electron chi connectivity index (χ1n) is 5.33. The van der Waals surface area contributed by atoms with Crippen LogP contribution < -0.4 is 10.6 Å². The van der Waals surface area contributed by atoms with Crippen molar-refractivity contribution >= 4 is 11.7 Å². The summed E-state index contributed by atoms with van der Waals surface area (Å²) in [6.07, 6.45) is 3.42. The molecule has 5 heteroatoms. The van der Waals surface area contributed by atoms with Gasteiger partial charge in [0.2, 0.25) is 0 Å². The van der Waals surface area contributed by atoms with Gasteiger partial charge in [-0.15, -0.1) is 0 Å². The number of aryl methyl sites for hydroxylation is 1.